The van der Waals surface area contributed by atoms with Gasteiger partial charge in [0.05, 0.1) is 17.3 Å². The Hall–Kier alpha value is -1.93. The molecule has 0 unspecified atom stereocenters. The Kier molecular flexibility index (Phi) is 5.42. The summed E-state index contributed by atoms with van der Waals surface area (Å²) in [6, 6.07) is 6.97. The van der Waals surface area contributed by atoms with Gasteiger partial charge in [-0.05, 0) is 55.7 Å². The predicted octanol–water partition coefficient (Wildman–Crippen LogP) is 4.02. The summed E-state index contributed by atoms with van der Waals surface area (Å²) < 4.78 is 1.51. The third kappa shape index (κ3) is 3.93. The van der Waals surface area contributed by atoms with Crippen LogP contribution in [0.3, 0.4) is 0 Å². The van der Waals surface area contributed by atoms with Crippen LogP contribution in [0.4, 0.5) is 0 Å². The van der Waals surface area contributed by atoms with Gasteiger partial charge in [-0.25, -0.2) is 9.97 Å². The summed E-state index contributed by atoms with van der Waals surface area (Å²) in [4.78, 5) is 21.8. The first kappa shape index (κ1) is 19.4. The molecule has 0 saturated carbocycles. The zero-order valence-electron chi connectivity index (χ0n) is 14.6. The van der Waals surface area contributed by atoms with Crippen molar-refractivity contribution >= 4 is 46.4 Å². The van der Waals surface area contributed by atoms with Gasteiger partial charge in [-0.15, -0.1) is 5.10 Å². The van der Waals surface area contributed by atoms with Crippen molar-refractivity contribution in [3.8, 4) is 11.3 Å². The molecule has 0 spiro atoms. The monoisotopic (exact) mass is 439 g/mol. The Morgan fingerprint density at radius 3 is 2.57 bits per heavy atom. The molecule has 7 nitrogen and oxygen atoms in total. The van der Waals surface area contributed by atoms with Crippen LogP contribution >= 0.6 is 34.8 Å². The lowest BCUT2D eigenvalue weighted by atomic mass is 9.96. The summed E-state index contributed by atoms with van der Waals surface area (Å²) in [5.74, 6) is 0.0390. The molecule has 146 valence electrons. The number of carboxylic acid groups (broad SMARTS) is 1. The Bertz CT molecular complexity index is 1050. The topological polar surface area (TPSA) is 83.6 Å². The molecule has 28 heavy (non-hydrogen) atoms. The number of hydrogen-bond donors (Lipinski definition) is 1. The summed E-state index contributed by atoms with van der Waals surface area (Å²) >= 11 is 18.6. The highest BCUT2D eigenvalue weighted by Crippen LogP contribution is 2.31. The van der Waals surface area contributed by atoms with Crippen molar-refractivity contribution in [1.82, 2.24) is 24.5 Å². The predicted molar refractivity (Wildman–Crippen MR) is 107 cm³/mol. The fourth-order valence-corrected chi connectivity index (χ4v) is 4.14. The van der Waals surface area contributed by atoms with Crippen molar-refractivity contribution in [1.29, 1.82) is 0 Å². The lowest BCUT2D eigenvalue weighted by Crippen LogP contribution is -2.36. The van der Waals surface area contributed by atoms with Crippen LogP contribution in [0.15, 0.2) is 24.3 Å². The summed E-state index contributed by atoms with van der Waals surface area (Å²) in [5.41, 5.74) is 1.89. The second-order valence-electron chi connectivity index (χ2n) is 6.72. The number of rotatable bonds is 4. The van der Waals surface area contributed by atoms with Crippen LogP contribution in [-0.2, 0) is 4.79 Å². The van der Waals surface area contributed by atoms with Gasteiger partial charge in [0.25, 0.3) is 0 Å². The molecule has 1 aliphatic heterocycles. The fraction of sp³-hybridized carbons (Fsp3) is 0.333. The molecule has 1 fully saturated rings. The molecular weight excluding hydrogens is 425 g/mol. The minimum Gasteiger partial charge on any atom is -0.480 e. The maximum Gasteiger partial charge on any atom is 0.317 e. The first-order valence-electron chi connectivity index (χ1n) is 8.73. The number of nitrogens with zero attached hydrogens (tertiary/aromatic N) is 5. The molecule has 0 bridgehead atoms. The van der Waals surface area contributed by atoms with Crippen molar-refractivity contribution < 1.29 is 9.90 Å². The SMILES string of the molecule is O=C(O)CN1CCC(c2nc3cc(-c4ccc(Cl)cc4Cl)nc(Cl)n3n2)CC1. The second kappa shape index (κ2) is 7.83. The van der Waals surface area contributed by atoms with E-state index in [2.05, 4.69) is 15.1 Å². The first-order valence-corrected chi connectivity index (χ1v) is 9.87. The molecule has 2 aromatic heterocycles. The number of aromatic nitrogens is 4. The van der Waals surface area contributed by atoms with Crippen LogP contribution < -0.4 is 0 Å². The van der Waals surface area contributed by atoms with Gasteiger partial charge in [-0.3, -0.25) is 9.69 Å². The van der Waals surface area contributed by atoms with Gasteiger partial charge in [0.1, 0.15) is 0 Å². The zero-order valence-corrected chi connectivity index (χ0v) is 16.9. The zero-order chi connectivity index (χ0) is 19.8. The molecule has 0 radical (unpaired) electrons. The Balaban J connectivity index is 1.61. The van der Waals surface area contributed by atoms with Gasteiger partial charge in [0.2, 0.25) is 5.28 Å². The van der Waals surface area contributed by atoms with Crippen molar-refractivity contribution in [2.75, 3.05) is 19.6 Å². The van der Waals surface area contributed by atoms with Gasteiger partial charge in [-0.2, -0.15) is 4.52 Å². The van der Waals surface area contributed by atoms with Gasteiger partial charge >= 0.3 is 5.97 Å². The normalized spacial score (nSPS) is 16.0. The van der Waals surface area contributed by atoms with E-state index in [1.807, 2.05) is 4.90 Å². The average Bonchev–Trinajstić information content (AvgIpc) is 3.06. The van der Waals surface area contributed by atoms with E-state index in [4.69, 9.17) is 39.9 Å². The van der Waals surface area contributed by atoms with E-state index in [9.17, 15) is 4.79 Å². The van der Waals surface area contributed by atoms with Crippen molar-refractivity contribution in [3.63, 3.8) is 0 Å². The molecule has 0 atom stereocenters. The van der Waals surface area contributed by atoms with Gasteiger partial charge in [0.15, 0.2) is 11.5 Å². The van der Waals surface area contributed by atoms with Crippen molar-refractivity contribution in [2.45, 2.75) is 18.8 Å². The van der Waals surface area contributed by atoms with Gasteiger partial charge in [-0.1, -0.05) is 23.2 Å². The molecule has 0 amide bonds. The lowest BCUT2D eigenvalue weighted by Gasteiger charge is -2.29. The van der Waals surface area contributed by atoms with Crippen molar-refractivity contribution in [2.24, 2.45) is 0 Å². The minimum absolute atomic E-state index is 0.0618. The summed E-state index contributed by atoms with van der Waals surface area (Å²) in [5, 5.41) is 14.7. The number of fused-ring (bicyclic) bond motifs is 1. The van der Waals surface area contributed by atoms with E-state index in [-0.39, 0.29) is 17.7 Å². The number of benzene rings is 1. The second-order valence-corrected chi connectivity index (χ2v) is 7.90. The van der Waals surface area contributed by atoms with E-state index in [0.29, 0.717) is 45.9 Å². The quantitative estimate of drug-likeness (QED) is 0.617. The molecule has 1 aromatic carbocycles. The Morgan fingerprint density at radius 1 is 1.14 bits per heavy atom. The maximum absolute atomic E-state index is 10.9. The highest BCUT2D eigenvalue weighted by Gasteiger charge is 2.25. The summed E-state index contributed by atoms with van der Waals surface area (Å²) in [7, 11) is 0. The third-order valence-electron chi connectivity index (χ3n) is 4.82. The summed E-state index contributed by atoms with van der Waals surface area (Å²) in [6.07, 6.45) is 1.59. The molecule has 1 aliphatic rings. The highest BCUT2D eigenvalue weighted by atomic mass is 35.5. The van der Waals surface area contributed by atoms with E-state index >= 15 is 0 Å². The number of piperidine rings is 1. The Morgan fingerprint density at radius 2 is 1.89 bits per heavy atom. The van der Waals surface area contributed by atoms with Gasteiger partial charge < -0.3 is 5.11 Å². The minimum atomic E-state index is -0.810. The van der Waals surface area contributed by atoms with Gasteiger partial charge in [0, 0.05) is 22.6 Å². The first-order chi connectivity index (χ1) is 13.4. The highest BCUT2D eigenvalue weighted by molar-refractivity contribution is 6.36. The summed E-state index contributed by atoms with van der Waals surface area (Å²) in [6.45, 7) is 1.46. The molecule has 0 aliphatic carbocycles. The van der Waals surface area contributed by atoms with Crippen molar-refractivity contribution in [3.05, 3.63) is 45.4 Å². The molecule has 1 N–H and O–H groups in total. The largest absolute Gasteiger partial charge is 0.480 e. The molecule has 3 aromatic rings. The molecule has 1 saturated heterocycles. The van der Waals surface area contributed by atoms with Crippen LogP contribution in [0.5, 0.6) is 0 Å². The smallest absolute Gasteiger partial charge is 0.317 e. The van der Waals surface area contributed by atoms with Crippen LogP contribution in [0, 0.1) is 0 Å². The molecule has 10 heteroatoms. The fourth-order valence-electron chi connectivity index (χ4n) is 3.42. The number of aliphatic carboxylic acids is 1. The van der Waals surface area contributed by atoms with Crippen LogP contribution in [0.25, 0.3) is 16.9 Å². The number of halogens is 3. The standard InChI is InChI=1S/C18H16Cl3N5O2/c19-11-1-2-12(13(20)7-11)14-8-15-23-17(24-26(15)18(21)22-14)10-3-5-25(6-4-10)9-16(27)28/h1-2,7-8,10H,3-6,9H2,(H,27,28). The number of carboxylic acids is 1. The third-order valence-corrected chi connectivity index (χ3v) is 5.61. The Labute approximate surface area is 175 Å². The molecule has 3 heterocycles. The maximum atomic E-state index is 10.9. The van der Waals surface area contributed by atoms with E-state index in [1.165, 1.54) is 4.52 Å². The van der Waals surface area contributed by atoms with Crippen LogP contribution in [0.1, 0.15) is 24.6 Å². The van der Waals surface area contributed by atoms with Crippen LogP contribution in [0.2, 0.25) is 15.3 Å². The lowest BCUT2D eigenvalue weighted by molar-refractivity contribution is -0.138. The number of likely N-dealkylation sites (tertiary alicyclic amines) is 1. The number of carbonyl (C=O) groups is 1. The van der Waals surface area contributed by atoms with E-state index in [0.717, 1.165) is 12.8 Å². The van der Waals surface area contributed by atoms with Crippen LogP contribution in [-0.4, -0.2) is 55.2 Å². The average molecular weight is 441 g/mol. The van der Waals surface area contributed by atoms with E-state index in [1.54, 1.807) is 24.3 Å². The molecule has 4 rings (SSSR count). The number of hydrogen-bond acceptors (Lipinski definition) is 5. The van der Waals surface area contributed by atoms with E-state index < -0.39 is 5.97 Å². The molecular formula is C18H16Cl3N5O2.